The fourth-order valence-corrected chi connectivity index (χ4v) is 0.965. The molecule has 0 fully saturated rings. The van der Waals surface area contributed by atoms with Crippen LogP contribution in [0, 0.1) is 17.5 Å². The first-order valence-corrected chi connectivity index (χ1v) is 5.23. The molecule has 0 heterocycles. The van der Waals surface area contributed by atoms with Crippen molar-refractivity contribution in [1.82, 2.24) is 0 Å². The third-order valence-corrected chi connectivity index (χ3v) is 1.85. The first kappa shape index (κ1) is 15.0. The summed E-state index contributed by atoms with van der Waals surface area (Å²) in [6.45, 7) is 5.61. The van der Waals surface area contributed by atoms with Crippen LogP contribution in [0.3, 0.4) is 0 Å². The first-order valence-electron chi connectivity index (χ1n) is 5.23. The van der Waals surface area contributed by atoms with Crippen molar-refractivity contribution in [3.8, 4) is 0 Å². The van der Waals surface area contributed by atoms with Crippen molar-refractivity contribution in [2.24, 2.45) is 0 Å². The molecule has 0 aliphatic rings. The fraction of sp³-hybridized carbons (Fsp3) is 0.500. The first-order chi connectivity index (χ1) is 7.47. The minimum absolute atomic E-state index is 0.232. The zero-order valence-corrected chi connectivity index (χ0v) is 9.73. The summed E-state index contributed by atoms with van der Waals surface area (Å²) in [5, 5.41) is 8.70. The van der Waals surface area contributed by atoms with Gasteiger partial charge >= 0.3 is 0 Å². The largest absolute Gasteiger partial charge is 0.396 e. The predicted octanol–water partition coefficient (Wildman–Crippen LogP) is 3.62. The van der Waals surface area contributed by atoms with E-state index in [-0.39, 0.29) is 12.2 Å². The van der Waals surface area contributed by atoms with Crippen LogP contribution in [0.4, 0.5) is 13.2 Å². The van der Waals surface area contributed by atoms with Gasteiger partial charge in [0.1, 0.15) is 0 Å². The summed E-state index contributed by atoms with van der Waals surface area (Å²) in [4.78, 5) is 0. The second kappa shape index (κ2) is 7.28. The minimum atomic E-state index is -1.48. The van der Waals surface area contributed by atoms with E-state index in [0.717, 1.165) is 12.1 Å². The number of aliphatic hydroxyl groups excluding tert-OH is 1. The maximum atomic E-state index is 12.6. The molecule has 0 aliphatic heterocycles. The predicted molar refractivity (Wildman–Crippen MR) is 57.8 cm³/mol. The lowest BCUT2D eigenvalue weighted by molar-refractivity contribution is 0.272. The van der Waals surface area contributed by atoms with Crippen molar-refractivity contribution in [3.05, 3.63) is 35.1 Å². The molecule has 1 rings (SSSR count). The van der Waals surface area contributed by atoms with E-state index in [0.29, 0.717) is 0 Å². The number of rotatable bonds is 2. The molecule has 4 heteroatoms. The molecular formula is C12H17F3O. The van der Waals surface area contributed by atoms with Gasteiger partial charge in [-0.1, -0.05) is 27.2 Å². The van der Waals surface area contributed by atoms with Gasteiger partial charge in [0.2, 0.25) is 0 Å². The molecule has 92 valence electrons. The van der Waals surface area contributed by atoms with Crippen LogP contribution in [0.1, 0.15) is 38.7 Å². The Kier molecular flexibility index (Phi) is 6.81. The summed E-state index contributed by atoms with van der Waals surface area (Å²) in [7, 11) is 0. The van der Waals surface area contributed by atoms with Crippen molar-refractivity contribution < 1.29 is 18.3 Å². The minimum Gasteiger partial charge on any atom is -0.396 e. The maximum Gasteiger partial charge on any atom is 0.194 e. The van der Waals surface area contributed by atoms with Crippen LogP contribution in [0.2, 0.25) is 0 Å². The summed E-state index contributed by atoms with van der Waals surface area (Å²) < 4.78 is 37.7. The molecule has 0 saturated carbocycles. The standard InChI is InChI=1S/C9H9F3O.C3H8/c1-5(4-13)6-2-7(10)9(12)8(11)3-6;1-3-2/h2-3,5,13H,4H2,1H3;3H2,1-2H3. The molecule has 0 aliphatic carbocycles. The van der Waals surface area contributed by atoms with Crippen LogP contribution in [0.25, 0.3) is 0 Å². The molecule has 0 bridgehead atoms. The van der Waals surface area contributed by atoms with Gasteiger partial charge in [0.05, 0.1) is 0 Å². The molecule has 0 amide bonds. The molecule has 16 heavy (non-hydrogen) atoms. The van der Waals surface area contributed by atoms with Crippen LogP contribution >= 0.6 is 0 Å². The number of hydrogen-bond acceptors (Lipinski definition) is 1. The third kappa shape index (κ3) is 4.23. The van der Waals surface area contributed by atoms with Gasteiger partial charge in [-0.15, -0.1) is 0 Å². The number of halogens is 3. The molecule has 1 unspecified atom stereocenters. The highest BCUT2D eigenvalue weighted by Crippen LogP contribution is 2.19. The second-order valence-corrected chi connectivity index (χ2v) is 3.59. The molecule has 1 aromatic carbocycles. The van der Waals surface area contributed by atoms with Gasteiger partial charge in [-0.25, -0.2) is 13.2 Å². The normalized spacial score (nSPS) is 11.7. The van der Waals surface area contributed by atoms with Gasteiger partial charge in [0.15, 0.2) is 17.5 Å². The molecule has 0 aromatic heterocycles. The van der Waals surface area contributed by atoms with E-state index in [1.165, 1.54) is 6.42 Å². The number of aliphatic hydroxyl groups is 1. The van der Waals surface area contributed by atoms with Crippen molar-refractivity contribution in [3.63, 3.8) is 0 Å². The summed E-state index contributed by atoms with van der Waals surface area (Å²) in [6, 6.07) is 1.78. The molecule has 1 nitrogen and oxygen atoms in total. The highest BCUT2D eigenvalue weighted by atomic mass is 19.2. The Morgan fingerprint density at radius 2 is 1.50 bits per heavy atom. The zero-order chi connectivity index (χ0) is 12.7. The molecule has 0 saturated heterocycles. The SMILES string of the molecule is CC(CO)c1cc(F)c(F)c(F)c1.CCC. The monoisotopic (exact) mass is 234 g/mol. The van der Waals surface area contributed by atoms with E-state index in [4.69, 9.17) is 5.11 Å². The van der Waals surface area contributed by atoms with Crippen LogP contribution < -0.4 is 0 Å². The highest BCUT2D eigenvalue weighted by molar-refractivity contribution is 5.22. The smallest absolute Gasteiger partial charge is 0.194 e. The van der Waals surface area contributed by atoms with Gasteiger partial charge in [0.25, 0.3) is 0 Å². The molecule has 0 radical (unpaired) electrons. The molecule has 0 spiro atoms. The Bertz CT molecular complexity index is 303. The van der Waals surface area contributed by atoms with E-state index in [1.807, 2.05) is 0 Å². The van der Waals surface area contributed by atoms with Gasteiger partial charge < -0.3 is 5.11 Å². The summed E-state index contributed by atoms with van der Waals surface area (Å²) in [5.74, 6) is -4.33. The van der Waals surface area contributed by atoms with Crippen LogP contribution in [-0.4, -0.2) is 11.7 Å². The molecule has 1 atom stereocenters. The van der Waals surface area contributed by atoms with E-state index in [9.17, 15) is 13.2 Å². The lowest BCUT2D eigenvalue weighted by atomic mass is 10.0. The zero-order valence-electron chi connectivity index (χ0n) is 9.73. The van der Waals surface area contributed by atoms with Crippen LogP contribution in [0.15, 0.2) is 12.1 Å². The Morgan fingerprint density at radius 3 is 1.81 bits per heavy atom. The molecule has 1 N–H and O–H groups in total. The Labute approximate surface area is 93.9 Å². The lowest BCUT2D eigenvalue weighted by Gasteiger charge is -2.08. The van der Waals surface area contributed by atoms with E-state index >= 15 is 0 Å². The van der Waals surface area contributed by atoms with Gasteiger partial charge in [-0.3, -0.25) is 0 Å². The number of hydrogen-bond donors (Lipinski definition) is 1. The Hall–Kier alpha value is -1.03. The fourth-order valence-electron chi connectivity index (χ4n) is 0.965. The average molecular weight is 234 g/mol. The molecule has 1 aromatic rings. The van der Waals surface area contributed by atoms with Crippen molar-refractivity contribution in [2.45, 2.75) is 33.1 Å². The van der Waals surface area contributed by atoms with Crippen LogP contribution in [0.5, 0.6) is 0 Å². The Balaban J connectivity index is 0.000000673. The van der Waals surface area contributed by atoms with E-state index in [1.54, 1.807) is 6.92 Å². The quantitative estimate of drug-likeness (QED) is 0.775. The van der Waals surface area contributed by atoms with Crippen molar-refractivity contribution in [1.29, 1.82) is 0 Å². The third-order valence-electron chi connectivity index (χ3n) is 1.85. The van der Waals surface area contributed by atoms with Crippen LogP contribution in [-0.2, 0) is 0 Å². The van der Waals surface area contributed by atoms with Gasteiger partial charge in [0, 0.05) is 12.5 Å². The molecular weight excluding hydrogens is 217 g/mol. The van der Waals surface area contributed by atoms with Crippen molar-refractivity contribution >= 4 is 0 Å². The highest BCUT2D eigenvalue weighted by Gasteiger charge is 2.13. The average Bonchev–Trinajstić information content (AvgIpc) is 2.25. The maximum absolute atomic E-state index is 12.6. The summed E-state index contributed by atoms with van der Waals surface area (Å²) in [6.07, 6.45) is 1.25. The van der Waals surface area contributed by atoms with E-state index < -0.39 is 23.4 Å². The Morgan fingerprint density at radius 1 is 1.12 bits per heavy atom. The summed E-state index contributed by atoms with van der Waals surface area (Å²) >= 11 is 0. The second-order valence-electron chi connectivity index (χ2n) is 3.59. The van der Waals surface area contributed by atoms with E-state index in [2.05, 4.69) is 13.8 Å². The summed E-state index contributed by atoms with van der Waals surface area (Å²) in [5.41, 5.74) is 0.249. The van der Waals surface area contributed by atoms with Gasteiger partial charge in [-0.2, -0.15) is 0 Å². The van der Waals surface area contributed by atoms with Crippen molar-refractivity contribution in [2.75, 3.05) is 6.61 Å². The topological polar surface area (TPSA) is 20.2 Å². The number of benzene rings is 1. The van der Waals surface area contributed by atoms with Gasteiger partial charge in [-0.05, 0) is 17.7 Å². The lowest BCUT2D eigenvalue weighted by Crippen LogP contribution is -2.02.